The summed E-state index contributed by atoms with van der Waals surface area (Å²) in [6.45, 7) is 1.79. The smallest absolute Gasteiger partial charge is 0.273 e. The minimum atomic E-state index is -4.59. The van der Waals surface area contributed by atoms with Crippen LogP contribution < -0.4 is 5.56 Å². The van der Waals surface area contributed by atoms with Crippen molar-refractivity contribution in [2.45, 2.75) is 19.3 Å². The molecule has 0 atom stereocenters. The molecular formula is C33H20F6N2O. The van der Waals surface area contributed by atoms with E-state index in [0.717, 1.165) is 29.7 Å². The van der Waals surface area contributed by atoms with Gasteiger partial charge in [-0.15, -0.1) is 0 Å². The second kappa shape index (κ2) is 9.87. The van der Waals surface area contributed by atoms with Gasteiger partial charge in [0.25, 0.3) is 5.56 Å². The van der Waals surface area contributed by atoms with Crippen LogP contribution in [0.5, 0.6) is 0 Å². The molecule has 9 heteroatoms. The van der Waals surface area contributed by atoms with Gasteiger partial charge >= 0.3 is 12.4 Å². The van der Waals surface area contributed by atoms with Gasteiger partial charge in [-0.25, -0.2) is 0 Å². The Morgan fingerprint density at radius 3 is 1.81 bits per heavy atom. The zero-order valence-corrected chi connectivity index (χ0v) is 21.9. The average molecular weight is 575 g/mol. The van der Waals surface area contributed by atoms with E-state index in [1.807, 2.05) is 18.2 Å². The van der Waals surface area contributed by atoms with Crippen LogP contribution in [0, 0.1) is 6.92 Å². The van der Waals surface area contributed by atoms with Gasteiger partial charge in [0.05, 0.1) is 28.0 Å². The predicted octanol–water partition coefficient (Wildman–Crippen LogP) is 9.22. The molecule has 6 aromatic rings. The van der Waals surface area contributed by atoms with Crippen LogP contribution in [0.2, 0.25) is 0 Å². The maximum absolute atomic E-state index is 14.3. The normalized spacial score (nSPS) is 12.3. The Bertz CT molecular complexity index is 2020. The fraction of sp³-hybridized carbons (Fsp3) is 0.0909. The number of hydrogen-bond acceptors (Lipinski definition) is 2. The predicted molar refractivity (Wildman–Crippen MR) is 150 cm³/mol. The molecule has 0 N–H and O–H groups in total. The van der Waals surface area contributed by atoms with Gasteiger partial charge < -0.3 is 0 Å². The van der Waals surface area contributed by atoms with E-state index in [0.29, 0.717) is 33.3 Å². The molecule has 2 aromatic heterocycles. The third-order valence-corrected chi connectivity index (χ3v) is 7.25. The van der Waals surface area contributed by atoms with E-state index in [-0.39, 0.29) is 16.6 Å². The lowest BCUT2D eigenvalue weighted by Gasteiger charge is -2.23. The summed E-state index contributed by atoms with van der Waals surface area (Å²) in [6.07, 6.45) is -7.58. The van der Waals surface area contributed by atoms with Gasteiger partial charge in [-0.3, -0.25) is 14.3 Å². The molecule has 0 aliphatic rings. The second-order valence-electron chi connectivity index (χ2n) is 9.87. The molecule has 0 aliphatic heterocycles. The van der Waals surface area contributed by atoms with Crippen LogP contribution in [-0.2, 0) is 12.4 Å². The SMILES string of the molecule is Cc1ccc2cccnc2c1-n1c(-c2ccc(C(F)(F)F)cc2)c(-c2ccc(C(F)(F)F)cc2)c2ccccc2c1=O. The van der Waals surface area contributed by atoms with Crippen molar-refractivity contribution in [2.24, 2.45) is 0 Å². The topological polar surface area (TPSA) is 34.9 Å². The Morgan fingerprint density at radius 1 is 0.643 bits per heavy atom. The van der Waals surface area contributed by atoms with E-state index in [2.05, 4.69) is 4.98 Å². The Labute approximate surface area is 235 Å². The summed E-state index contributed by atoms with van der Waals surface area (Å²) in [5.74, 6) is 0. The van der Waals surface area contributed by atoms with Gasteiger partial charge in [0.1, 0.15) is 0 Å². The standard InChI is InChI=1S/C33H20F6N2O/c1-19-8-9-21-5-4-18-40-28(21)29(19)41-30(22-12-16-24(17-13-22)33(37,38)39)27(25-6-2-3-7-26(25)31(41)42)20-10-14-23(15-11-20)32(34,35)36/h2-18H,1H3. The lowest BCUT2D eigenvalue weighted by Crippen LogP contribution is -2.23. The molecule has 2 heterocycles. The van der Waals surface area contributed by atoms with Gasteiger partial charge in [-0.1, -0.05) is 60.7 Å². The Morgan fingerprint density at radius 2 is 1.21 bits per heavy atom. The lowest BCUT2D eigenvalue weighted by atomic mass is 9.92. The van der Waals surface area contributed by atoms with E-state index in [1.165, 1.54) is 28.8 Å². The van der Waals surface area contributed by atoms with E-state index in [4.69, 9.17) is 0 Å². The number of halogens is 6. The number of fused-ring (bicyclic) bond motifs is 2. The van der Waals surface area contributed by atoms with Crippen LogP contribution in [0.4, 0.5) is 26.3 Å². The van der Waals surface area contributed by atoms with Crippen LogP contribution >= 0.6 is 0 Å². The van der Waals surface area contributed by atoms with Crippen molar-refractivity contribution < 1.29 is 26.3 Å². The molecule has 4 aromatic carbocycles. The first-order chi connectivity index (χ1) is 19.9. The number of pyridine rings is 2. The zero-order valence-electron chi connectivity index (χ0n) is 21.9. The molecule has 0 fully saturated rings. The minimum absolute atomic E-state index is 0.230. The number of hydrogen-bond donors (Lipinski definition) is 0. The Balaban J connectivity index is 1.80. The van der Waals surface area contributed by atoms with Crippen molar-refractivity contribution in [3.8, 4) is 28.1 Å². The van der Waals surface area contributed by atoms with Crippen molar-refractivity contribution in [3.63, 3.8) is 0 Å². The van der Waals surface area contributed by atoms with Crippen LogP contribution in [0.3, 0.4) is 0 Å². The first-order valence-electron chi connectivity index (χ1n) is 12.8. The van der Waals surface area contributed by atoms with Crippen molar-refractivity contribution in [1.29, 1.82) is 0 Å². The first-order valence-corrected chi connectivity index (χ1v) is 12.8. The molecule has 0 radical (unpaired) electrons. The fourth-order valence-electron chi connectivity index (χ4n) is 5.28. The van der Waals surface area contributed by atoms with Crippen molar-refractivity contribution >= 4 is 21.7 Å². The van der Waals surface area contributed by atoms with Crippen molar-refractivity contribution in [3.05, 3.63) is 130 Å². The second-order valence-corrected chi connectivity index (χ2v) is 9.87. The molecule has 3 nitrogen and oxygen atoms in total. The molecule has 0 aliphatic carbocycles. The van der Waals surface area contributed by atoms with Gasteiger partial charge in [-0.2, -0.15) is 26.3 Å². The van der Waals surface area contributed by atoms with Gasteiger partial charge in [0.2, 0.25) is 0 Å². The van der Waals surface area contributed by atoms with Gasteiger partial charge in [0.15, 0.2) is 0 Å². The maximum Gasteiger partial charge on any atom is 0.416 e. The molecule has 0 saturated heterocycles. The number of rotatable bonds is 3. The number of nitrogens with zero attached hydrogens (tertiary/aromatic N) is 2. The van der Waals surface area contributed by atoms with Crippen LogP contribution in [0.25, 0.3) is 49.7 Å². The molecule has 0 amide bonds. The summed E-state index contributed by atoms with van der Waals surface area (Å²) in [6, 6.07) is 22.8. The molecular weight excluding hydrogens is 554 g/mol. The summed E-state index contributed by atoms with van der Waals surface area (Å²) in [5, 5.41) is 1.46. The Hall–Kier alpha value is -4.92. The monoisotopic (exact) mass is 574 g/mol. The summed E-state index contributed by atoms with van der Waals surface area (Å²) < 4.78 is 82.2. The van der Waals surface area contributed by atoms with Crippen molar-refractivity contribution in [1.82, 2.24) is 9.55 Å². The fourth-order valence-corrected chi connectivity index (χ4v) is 5.28. The number of aromatic nitrogens is 2. The van der Waals surface area contributed by atoms with Crippen LogP contribution in [0.1, 0.15) is 16.7 Å². The van der Waals surface area contributed by atoms with Gasteiger partial charge in [-0.05, 0) is 65.4 Å². The van der Waals surface area contributed by atoms with E-state index in [1.54, 1.807) is 43.5 Å². The zero-order chi connectivity index (χ0) is 29.8. The maximum atomic E-state index is 14.3. The first kappa shape index (κ1) is 27.3. The molecule has 0 spiro atoms. The van der Waals surface area contributed by atoms with Crippen LogP contribution in [0.15, 0.2) is 108 Å². The summed E-state index contributed by atoms with van der Waals surface area (Å²) in [5.41, 5.74) is 0.658. The van der Waals surface area contributed by atoms with E-state index < -0.39 is 29.0 Å². The molecule has 0 bridgehead atoms. The molecule has 0 unspecified atom stereocenters. The van der Waals surface area contributed by atoms with E-state index in [9.17, 15) is 31.1 Å². The van der Waals surface area contributed by atoms with Crippen LogP contribution in [-0.4, -0.2) is 9.55 Å². The lowest BCUT2D eigenvalue weighted by molar-refractivity contribution is -0.138. The minimum Gasteiger partial charge on any atom is -0.273 e. The van der Waals surface area contributed by atoms with Crippen molar-refractivity contribution in [2.75, 3.05) is 0 Å². The third kappa shape index (κ3) is 4.60. The Kier molecular flexibility index (Phi) is 6.40. The average Bonchev–Trinajstić information content (AvgIpc) is 2.97. The third-order valence-electron chi connectivity index (χ3n) is 7.25. The van der Waals surface area contributed by atoms with E-state index >= 15 is 0 Å². The molecule has 0 saturated carbocycles. The molecule has 6 rings (SSSR count). The number of benzene rings is 4. The molecule has 42 heavy (non-hydrogen) atoms. The summed E-state index contributed by atoms with van der Waals surface area (Å²) in [7, 11) is 0. The number of alkyl halides is 6. The summed E-state index contributed by atoms with van der Waals surface area (Å²) >= 11 is 0. The summed E-state index contributed by atoms with van der Waals surface area (Å²) in [4.78, 5) is 18.8. The van der Waals surface area contributed by atoms with Gasteiger partial charge in [0, 0.05) is 22.5 Å². The highest BCUT2D eigenvalue weighted by Gasteiger charge is 2.32. The largest absolute Gasteiger partial charge is 0.416 e. The number of aryl methyl sites for hydroxylation is 1. The quantitative estimate of drug-likeness (QED) is 0.198. The highest BCUT2D eigenvalue weighted by Crippen LogP contribution is 2.41. The molecule has 210 valence electrons. The highest BCUT2D eigenvalue weighted by atomic mass is 19.4. The highest BCUT2D eigenvalue weighted by molar-refractivity contribution is 6.04.